The van der Waals surface area contributed by atoms with Crippen molar-refractivity contribution >= 4 is 21.9 Å². The Hall–Kier alpha value is -0.130. The monoisotopic (exact) mass is 281 g/mol. The van der Waals surface area contributed by atoms with E-state index in [1.807, 2.05) is 0 Å². The molecule has 5 heteroatoms. The molecule has 0 aromatic heterocycles. The van der Waals surface area contributed by atoms with Crippen LogP contribution in [0.25, 0.3) is 0 Å². The smallest absolute Gasteiger partial charge is 0.320 e. The summed E-state index contributed by atoms with van der Waals surface area (Å²) in [6, 6.07) is 0. The molecular formula is C10H20BrNO3. The van der Waals surface area contributed by atoms with Crippen molar-refractivity contribution in [2.45, 2.75) is 24.1 Å². The molecule has 0 amide bonds. The van der Waals surface area contributed by atoms with Crippen LogP contribution in [0.2, 0.25) is 0 Å². The summed E-state index contributed by atoms with van der Waals surface area (Å²) >= 11 is 3.24. The van der Waals surface area contributed by atoms with Crippen LogP contribution in [-0.2, 0) is 14.3 Å². The number of unbranched alkanes of at least 4 members (excludes halogenated alkanes) is 2. The van der Waals surface area contributed by atoms with E-state index in [2.05, 4.69) is 26.0 Å². The van der Waals surface area contributed by atoms with Crippen molar-refractivity contribution in [2.75, 3.05) is 33.9 Å². The molecule has 1 N–H and O–H groups in total. The second-order valence-corrected chi connectivity index (χ2v) is 4.35. The van der Waals surface area contributed by atoms with Gasteiger partial charge in [-0.1, -0.05) is 15.9 Å². The van der Waals surface area contributed by atoms with Crippen molar-refractivity contribution < 1.29 is 14.3 Å². The van der Waals surface area contributed by atoms with Gasteiger partial charge in [0.2, 0.25) is 0 Å². The summed E-state index contributed by atoms with van der Waals surface area (Å²) in [5.74, 6) is -0.234. The minimum atomic E-state index is -0.249. The number of hydrogen-bond donors (Lipinski definition) is 1. The molecule has 0 radical (unpaired) electrons. The van der Waals surface area contributed by atoms with Crippen LogP contribution in [-0.4, -0.2) is 44.7 Å². The van der Waals surface area contributed by atoms with Gasteiger partial charge in [-0.15, -0.1) is 0 Å². The molecule has 4 nitrogen and oxygen atoms in total. The molecule has 0 fully saturated rings. The van der Waals surface area contributed by atoms with Crippen LogP contribution in [0, 0.1) is 0 Å². The molecule has 0 spiro atoms. The molecule has 0 aromatic rings. The zero-order valence-corrected chi connectivity index (χ0v) is 11.0. The Labute approximate surface area is 99.8 Å². The van der Waals surface area contributed by atoms with Crippen LogP contribution in [0.15, 0.2) is 0 Å². The fourth-order valence-corrected chi connectivity index (χ4v) is 1.53. The maximum Gasteiger partial charge on any atom is 0.320 e. The lowest BCUT2D eigenvalue weighted by molar-refractivity contribution is -0.139. The molecule has 0 aliphatic carbocycles. The van der Waals surface area contributed by atoms with E-state index in [0.717, 1.165) is 32.4 Å². The van der Waals surface area contributed by atoms with Gasteiger partial charge in [0.15, 0.2) is 0 Å². The van der Waals surface area contributed by atoms with Gasteiger partial charge in [0.1, 0.15) is 4.83 Å². The van der Waals surface area contributed by atoms with Crippen LogP contribution < -0.4 is 5.32 Å². The third kappa shape index (κ3) is 8.84. The maximum atomic E-state index is 11.0. The van der Waals surface area contributed by atoms with Crippen LogP contribution in [0.4, 0.5) is 0 Å². The van der Waals surface area contributed by atoms with E-state index in [-0.39, 0.29) is 10.8 Å². The number of methoxy groups -OCH3 is 2. The van der Waals surface area contributed by atoms with Crippen molar-refractivity contribution in [3.05, 3.63) is 0 Å². The fraction of sp³-hybridized carbons (Fsp3) is 0.900. The topological polar surface area (TPSA) is 47.6 Å². The molecule has 0 aliphatic rings. The van der Waals surface area contributed by atoms with Crippen molar-refractivity contribution in [2.24, 2.45) is 0 Å². The summed E-state index contributed by atoms with van der Waals surface area (Å²) in [4.78, 5) is 10.7. The van der Waals surface area contributed by atoms with Crippen molar-refractivity contribution in [3.8, 4) is 0 Å². The van der Waals surface area contributed by atoms with Gasteiger partial charge in [-0.25, -0.2) is 0 Å². The summed E-state index contributed by atoms with van der Waals surface area (Å²) in [7, 11) is 3.10. The van der Waals surface area contributed by atoms with E-state index >= 15 is 0 Å². The Bertz CT molecular complexity index is 167. The Morgan fingerprint density at radius 2 is 2.07 bits per heavy atom. The SMILES string of the molecule is COCCCCCNCC(Br)C(=O)OC. The Balaban J connectivity index is 3.20. The van der Waals surface area contributed by atoms with Crippen LogP contribution in [0.5, 0.6) is 0 Å². The number of nitrogens with one attached hydrogen (secondary N) is 1. The first-order valence-electron chi connectivity index (χ1n) is 5.14. The summed E-state index contributed by atoms with van der Waals surface area (Å²) in [6.07, 6.45) is 3.34. The predicted molar refractivity (Wildman–Crippen MR) is 63.3 cm³/mol. The number of rotatable bonds is 9. The van der Waals surface area contributed by atoms with Crippen LogP contribution in [0.1, 0.15) is 19.3 Å². The minimum Gasteiger partial charge on any atom is -0.468 e. The number of carbonyl (C=O) groups is 1. The fourth-order valence-electron chi connectivity index (χ4n) is 1.11. The molecule has 0 aliphatic heterocycles. The van der Waals surface area contributed by atoms with Gasteiger partial charge in [-0.05, 0) is 25.8 Å². The zero-order chi connectivity index (χ0) is 11.5. The van der Waals surface area contributed by atoms with E-state index in [0.29, 0.717) is 6.54 Å². The first kappa shape index (κ1) is 14.9. The number of hydrogen-bond acceptors (Lipinski definition) is 4. The lowest BCUT2D eigenvalue weighted by Gasteiger charge is -2.08. The average molecular weight is 282 g/mol. The van der Waals surface area contributed by atoms with Crippen molar-refractivity contribution in [1.82, 2.24) is 5.32 Å². The number of esters is 1. The van der Waals surface area contributed by atoms with Gasteiger partial charge >= 0.3 is 5.97 Å². The molecule has 15 heavy (non-hydrogen) atoms. The highest BCUT2D eigenvalue weighted by atomic mass is 79.9. The number of halogens is 1. The van der Waals surface area contributed by atoms with E-state index < -0.39 is 0 Å². The Kier molecular flexibility index (Phi) is 10.3. The van der Waals surface area contributed by atoms with Crippen molar-refractivity contribution in [1.29, 1.82) is 0 Å². The molecule has 1 unspecified atom stereocenters. The van der Waals surface area contributed by atoms with Crippen LogP contribution in [0.3, 0.4) is 0 Å². The predicted octanol–water partition coefficient (Wildman–Crippen LogP) is 1.33. The van der Waals surface area contributed by atoms with E-state index in [1.54, 1.807) is 7.11 Å². The second kappa shape index (κ2) is 10.4. The van der Waals surface area contributed by atoms with E-state index in [4.69, 9.17) is 4.74 Å². The molecule has 0 aromatic carbocycles. The highest BCUT2D eigenvalue weighted by Crippen LogP contribution is 2.00. The van der Waals surface area contributed by atoms with Gasteiger partial charge in [-0.3, -0.25) is 4.79 Å². The van der Waals surface area contributed by atoms with Gasteiger partial charge in [0.25, 0.3) is 0 Å². The highest BCUT2D eigenvalue weighted by molar-refractivity contribution is 9.10. The van der Waals surface area contributed by atoms with Gasteiger partial charge in [-0.2, -0.15) is 0 Å². The normalized spacial score (nSPS) is 12.5. The third-order valence-electron chi connectivity index (χ3n) is 1.98. The first-order valence-corrected chi connectivity index (χ1v) is 6.05. The quantitative estimate of drug-likeness (QED) is 0.394. The average Bonchev–Trinajstić information content (AvgIpc) is 2.26. The molecular weight excluding hydrogens is 262 g/mol. The van der Waals surface area contributed by atoms with Gasteiger partial charge in [0.05, 0.1) is 7.11 Å². The molecule has 0 rings (SSSR count). The number of ether oxygens (including phenoxy) is 2. The Morgan fingerprint density at radius 3 is 2.67 bits per heavy atom. The zero-order valence-electron chi connectivity index (χ0n) is 9.42. The minimum absolute atomic E-state index is 0.234. The third-order valence-corrected chi connectivity index (χ3v) is 2.68. The summed E-state index contributed by atoms with van der Waals surface area (Å²) < 4.78 is 9.52. The molecule has 1 atom stereocenters. The molecule has 0 saturated heterocycles. The van der Waals surface area contributed by atoms with E-state index in [1.165, 1.54) is 7.11 Å². The maximum absolute atomic E-state index is 11.0. The van der Waals surface area contributed by atoms with Crippen LogP contribution >= 0.6 is 15.9 Å². The number of carbonyl (C=O) groups excluding carboxylic acids is 1. The second-order valence-electron chi connectivity index (χ2n) is 3.25. The molecule has 0 heterocycles. The molecule has 90 valence electrons. The molecule has 0 saturated carbocycles. The number of alkyl halides is 1. The van der Waals surface area contributed by atoms with E-state index in [9.17, 15) is 4.79 Å². The lowest BCUT2D eigenvalue weighted by atomic mass is 10.2. The van der Waals surface area contributed by atoms with Gasteiger partial charge in [0, 0.05) is 20.3 Å². The largest absolute Gasteiger partial charge is 0.468 e. The van der Waals surface area contributed by atoms with Crippen molar-refractivity contribution in [3.63, 3.8) is 0 Å². The highest BCUT2D eigenvalue weighted by Gasteiger charge is 2.13. The molecule has 0 bridgehead atoms. The Morgan fingerprint density at radius 1 is 1.33 bits per heavy atom. The first-order chi connectivity index (χ1) is 7.22. The summed E-state index contributed by atoms with van der Waals surface area (Å²) in [5, 5.41) is 3.19. The standard InChI is InChI=1S/C10H20BrNO3/c1-14-7-5-3-4-6-12-8-9(11)10(13)15-2/h9,12H,3-8H2,1-2H3. The summed E-state index contributed by atoms with van der Waals surface area (Å²) in [5.41, 5.74) is 0. The lowest BCUT2D eigenvalue weighted by Crippen LogP contribution is -2.30. The summed E-state index contributed by atoms with van der Waals surface area (Å²) in [6.45, 7) is 2.35. The van der Waals surface area contributed by atoms with Gasteiger partial charge < -0.3 is 14.8 Å².